The Balaban J connectivity index is 2.11. The minimum Gasteiger partial charge on any atom is -0.329 e. The van der Waals surface area contributed by atoms with Crippen LogP contribution < -0.4 is 5.32 Å². The monoisotopic (exact) mass is 242 g/mol. The first-order valence-corrected chi connectivity index (χ1v) is 5.83. The molecule has 0 saturated heterocycles. The minimum absolute atomic E-state index is 0.362. The van der Waals surface area contributed by atoms with Crippen molar-refractivity contribution >= 4 is 33.8 Å². The van der Waals surface area contributed by atoms with Gasteiger partial charge in [0.2, 0.25) is 0 Å². The van der Waals surface area contributed by atoms with Gasteiger partial charge in [-0.05, 0) is 13.8 Å². The number of anilines is 2. The van der Waals surface area contributed by atoms with Crippen molar-refractivity contribution in [3.63, 3.8) is 0 Å². The van der Waals surface area contributed by atoms with Crippen molar-refractivity contribution in [3.8, 4) is 0 Å². The van der Waals surface area contributed by atoms with Gasteiger partial charge in [0.25, 0.3) is 0 Å². The number of aromatic nitrogens is 3. The van der Waals surface area contributed by atoms with Gasteiger partial charge in [-0.3, -0.25) is 4.68 Å². The van der Waals surface area contributed by atoms with Crippen molar-refractivity contribution < 1.29 is 0 Å². The number of hydrogen-bond acceptors (Lipinski definition) is 4. The van der Waals surface area contributed by atoms with Gasteiger partial charge in [0, 0.05) is 17.6 Å². The lowest BCUT2D eigenvalue weighted by molar-refractivity contribution is 0.532. The molecule has 0 aliphatic carbocycles. The number of thiazole rings is 1. The molecule has 2 heterocycles. The molecule has 0 spiro atoms. The summed E-state index contributed by atoms with van der Waals surface area (Å²) in [6.45, 7) is 4.16. The fourth-order valence-electron chi connectivity index (χ4n) is 1.12. The van der Waals surface area contributed by atoms with Crippen molar-refractivity contribution in [2.75, 3.05) is 5.32 Å². The van der Waals surface area contributed by atoms with Gasteiger partial charge in [-0.1, -0.05) is 11.6 Å². The van der Waals surface area contributed by atoms with Crippen LogP contribution in [0.2, 0.25) is 5.15 Å². The first-order chi connectivity index (χ1) is 7.15. The molecule has 0 bridgehead atoms. The van der Waals surface area contributed by atoms with Crippen molar-refractivity contribution in [1.29, 1.82) is 0 Å². The molecule has 0 saturated carbocycles. The maximum Gasteiger partial charge on any atom is 0.188 e. The van der Waals surface area contributed by atoms with E-state index in [9.17, 15) is 0 Å². The Morgan fingerprint density at radius 2 is 2.33 bits per heavy atom. The molecule has 2 aromatic rings. The Morgan fingerprint density at radius 1 is 1.53 bits per heavy atom. The molecule has 0 radical (unpaired) electrons. The van der Waals surface area contributed by atoms with Gasteiger partial charge < -0.3 is 5.32 Å². The quantitative estimate of drug-likeness (QED) is 0.898. The summed E-state index contributed by atoms with van der Waals surface area (Å²) >= 11 is 7.19. The molecule has 2 aromatic heterocycles. The largest absolute Gasteiger partial charge is 0.329 e. The van der Waals surface area contributed by atoms with Crippen LogP contribution in [-0.4, -0.2) is 14.8 Å². The van der Waals surface area contributed by atoms with Gasteiger partial charge in [-0.15, -0.1) is 11.3 Å². The summed E-state index contributed by atoms with van der Waals surface area (Å²) in [5.74, 6) is 0. The first-order valence-electron chi connectivity index (χ1n) is 4.57. The number of hydrogen-bond donors (Lipinski definition) is 1. The van der Waals surface area contributed by atoms with E-state index in [-0.39, 0.29) is 0 Å². The van der Waals surface area contributed by atoms with Crippen molar-refractivity contribution in [2.24, 2.45) is 0 Å². The Labute approximate surface area is 96.9 Å². The molecule has 2 rings (SSSR count). The molecule has 80 valence electrons. The Bertz CT molecular complexity index is 448. The predicted octanol–water partition coefficient (Wildman–Crippen LogP) is 3.32. The summed E-state index contributed by atoms with van der Waals surface area (Å²) in [5.41, 5.74) is 0.926. The van der Waals surface area contributed by atoms with Crippen LogP contribution in [0.25, 0.3) is 0 Å². The van der Waals surface area contributed by atoms with Crippen LogP contribution in [0.5, 0.6) is 0 Å². The summed E-state index contributed by atoms with van der Waals surface area (Å²) in [6, 6.07) is 0.362. The third-order valence-corrected chi connectivity index (χ3v) is 2.94. The van der Waals surface area contributed by atoms with E-state index in [0.717, 1.165) is 10.8 Å². The minimum atomic E-state index is 0.362. The Kier molecular flexibility index (Phi) is 2.93. The maximum atomic E-state index is 5.72. The van der Waals surface area contributed by atoms with Gasteiger partial charge in [0.05, 0.1) is 11.9 Å². The van der Waals surface area contributed by atoms with Gasteiger partial charge in [-0.2, -0.15) is 5.10 Å². The zero-order valence-electron chi connectivity index (χ0n) is 8.44. The third-order valence-electron chi connectivity index (χ3n) is 1.86. The highest BCUT2D eigenvalue weighted by Gasteiger charge is 2.04. The summed E-state index contributed by atoms with van der Waals surface area (Å²) in [5, 5.41) is 10.4. The number of rotatable bonds is 3. The number of nitrogens with one attached hydrogen (secondary N) is 1. The smallest absolute Gasteiger partial charge is 0.188 e. The predicted molar refractivity (Wildman–Crippen MR) is 63.0 cm³/mol. The first kappa shape index (κ1) is 10.4. The summed E-state index contributed by atoms with van der Waals surface area (Å²) in [4.78, 5) is 4.10. The van der Waals surface area contributed by atoms with E-state index < -0.39 is 0 Å². The van der Waals surface area contributed by atoms with Crippen LogP contribution in [0.3, 0.4) is 0 Å². The highest BCUT2D eigenvalue weighted by Crippen LogP contribution is 2.23. The van der Waals surface area contributed by atoms with E-state index in [1.165, 1.54) is 11.3 Å². The van der Waals surface area contributed by atoms with Crippen LogP contribution in [0, 0.1) is 0 Å². The van der Waals surface area contributed by atoms with Crippen LogP contribution in [0.4, 0.5) is 10.8 Å². The lowest BCUT2D eigenvalue weighted by atomic mass is 10.4. The number of nitrogens with zero attached hydrogens (tertiary/aromatic N) is 3. The summed E-state index contributed by atoms with van der Waals surface area (Å²) < 4.78 is 1.89. The molecule has 0 aliphatic rings. The molecule has 0 atom stereocenters. The van der Waals surface area contributed by atoms with E-state index in [4.69, 9.17) is 11.6 Å². The molecule has 4 nitrogen and oxygen atoms in total. The van der Waals surface area contributed by atoms with Crippen LogP contribution >= 0.6 is 22.9 Å². The SMILES string of the molecule is CC(C)n1cc(Nc2nc(Cl)cs2)cn1. The van der Waals surface area contributed by atoms with Crippen molar-refractivity contribution in [1.82, 2.24) is 14.8 Å². The van der Waals surface area contributed by atoms with E-state index in [0.29, 0.717) is 11.2 Å². The molecular weight excluding hydrogens is 232 g/mol. The molecule has 6 heteroatoms. The average molecular weight is 243 g/mol. The standard InChI is InChI=1S/C9H11ClN4S/c1-6(2)14-4-7(3-11-14)12-9-13-8(10)5-15-9/h3-6H,1-2H3,(H,12,13). The molecule has 0 aliphatic heterocycles. The maximum absolute atomic E-state index is 5.72. The van der Waals surface area contributed by atoms with Crippen LogP contribution in [-0.2, 0) is 0 Å². The van der Waals surface area contributed by atoms with Gasteiger partial charge in [0.1, 0.15) is 5.15 Å². The molecule has 0 aromatic carbocycles. The van der Waals surface area contributed by atoms with Crippen molar-refractivity contribution in [3.05, 3.63) is 22.9 Å². The lowest BCUT2D eigenvalue weighted by Gasteiger charge is -2.03. The summed E-state index contributed by atoms with van der Waals surface area (Å²) in [7, 11) is 0. The average Bonchev–Trinajstić information content (AvgIpc) is 2.76. The van der Waals surface area contributed by atoms with E-state index in [1.807, 2.05) is 10.9 Å². The van der Waals surface area contributed by atoms with Gasteiger partial charge >= 0.3 is 0 Å². The number of halogens is 1. The van der Waals surface area contributed by atoms with E-state index >= 15 is 0 Å². The highest BCUT2D eigenvalue weighted by molar-refractivity contribution is 7.14. The lowest BCUT2D eigenvalue weighted by Crippen LogP contribution is -1.99. The van der Waals surface area contributed by atoms with E-state index in [1.54, 1.807) is 11.6 Å². The second-order valence-electron chi connectivity index (χ2n) is 3.40. The molecule has 0 unspecified atom stereocenters. The molecule has 0 amide bonds. The normalized spacial score (nSPS) is 10.9. The fraction of sp³-hybridized carbons (Fsp3) is 0.333. The zero-order chi connectivity index (χ0) is 10.8. The second kappa shape index (κ2) is 4.20. The topological polar surface area (TPSA) is 42.7 Å². The molecular formula is C9H11ClN4S. The molecule has 15 heavy (non-hydrogen) atoms. The van der Waals surface area contributed by atoms with Gasteiger partial charge in [0.15, 0.2) is 5.13 Å². The molecule has 0 fully saturated rings. The Morgan fingerprint density at radius 3 is 2.87 bits per heavy atom. The molecule has 1 N–H and O–H groups in total. The zero-order valence-corrected chi connectivity index (χ0v) is 10.0. The third kappa shape index (κ3) is 2.49. The fourth-order valence-corrected chi connectivity index (χ4v) is 1.98. The van der Waals surface area contributed by atoms with Crippen LogP contribution in [0.1, 0.15) is 19.9 Å². The highest BCUT2D eigenvalue weighted by atomic mass is 35.5. The van der Waals surface area contributed by atoms with E-state index in [2.05, 4.69) is 29.2 Å². The van der Waals surface area contributed by atoms with Crippen LogP contribution in [0.15, 0.2) is 17.8 Å². The van der Waals surface area contributed by atoms with Crippen molar-refractivity contribution in [2.45, 2.75) is 19.9 Å². The van der Waals surface area contributed by atoms with Gasteiger partial charge in [-0.25, -0.2) is 4.98 Å². The second-order valence-corrected chi connectivity index (χ2v) is 4.65. The Hall–Kier alpha value is -1.07. The summed E-state index contributed by atoms with van der Waals surface area (Å²) in [6.07, 6.45) is 3.72.